The molecule has 2 nitrogen and oxygen atoms in total. The minimum atomic E-state index is 0.687. The largest absolute Gasteiger partial charge is 0.478 e. The molecule has 84 valence electrons. The van der Waals surface area contributed by atoms with E-state index < -0.39 is 0 Å². The van der Waals surface area contributed by atoms with Crippen LogP contribution in [0.25, 0.3) is 0 Å². The first-order valence-corrected chi connectivity index (χ1v) is 5.95. The minimum absolute atomic E-state index is 0.687. The lowest BCUT2D eigenvalue weighted by molar-refractivity contribution is 0.325. The summed E-state index contributed by atoms with van der Waals surface area (Å²) in [5.74, 6) is 0.755. The van der Waals surface area contributed by atoms with Gasteiger partial charge < -0.3 is 4.74 Å². The fourth-order valence-corrected chi connectivity index (χ4v) is 1.56. The number of unbranched alkanes of at least 4 members (excludes halogenated alkanes) is 3. The van der Waals surface area contributed by atoms with Crippen LogP contribution in [0.15, 0.2) is 18.2 Å². The van der Waals surface area contributed by atoms with E-state index in [-0.39, 0.29) is 0 Å². The monoisotopic (exact) mass is 207 g/mol. The van der Waals surface area contributed by atoms with Crippen molar-refractivity contribution in [3.63, 3.8) is 0 Å². The molecule has 0 N–H and O–H groups in total. The van der Waals surface area contributed by atoms with Gasteiger partial charge in [-0.25, -0.2) is 4.98 Å². The van der Waals surface area contributed by atoms with Crippen molar-refractivity contribution in [2.24, 2.45) is 0 Å². The van der Waals surface area contributed by atoms with E-state index in [4.69, 9.17) is 4.74 Å². The third-order valence-corrected chi connectivity index (χ3v) is 2.36. The van der Waals surface area contributed by atoms with Crippen molar-refractivity contribution >= 4 is 0 Å². The zero-order valence-corrected chi connectivity index (χ0v) is 9.83. The fraction of sp³-hybridized carbons (Fsp3) is 0.615. The highest BCUT2D eigenvalue weighted by molar-refractivity contribution is 5.15. The number of rotatable bonds is 7. The summed E-state index contributed by atoms with van der Waals surface area (Å²) in [6.45, 7) is 4.90. The van der Waals surface area contributed by atoms with E-state index in [1.54, 1.807) is 0 Å². The van der Waals surface area contributed by atoms with Crippen molar-refractivity contribution in [2.45, 2.75) is 46.0 Å². The van der Waals surface area contributed by atoms with Crippen LogP contribution >= 0.6 is 0 Å². The Morgan fingerprint density at radius 1 is 1.13 bits per heavy atom. The summed E-state index contributed by atoms with van der Waals surface area (Å²) in [6.07, 6.45) is 6.21. The second kappa shape index (κ2) is 7.27. The molecule has 0 radical (unpaired) electrons. The van der Waals surface area contributed by atoms with E-state index in [2.05, 4.69) is 18.0 Å². The van der Waals surface area contributed by atoms with Crippen LogP contribution in [-0.4, -0.2) is 11.6 Å². The molecule has 0 unspecified atom stereocenters. The van der Waals surface area contributed by atoms with Crippen molar-refractivity contribution < 1.29 is 4.74 Å². The highest BCUT2D eigenvalue weighted by atomic mass is 16.5. The summed E-state index contributed by atoms with van der Waals surface area (Å²) >= 11 is 0. The fourth-order valence-electron chi connectivity index (χ4n) is 1.56. The maximum Gasteiger partial charge on any atom is 0.213 e. The summed E-state index contributed by atoms with van der Waals surface area (Å²) in [5, 5.41) is 0. The molecule has 0 aromatic carbocycles. The van der Waals surface area contributed by atoms with E-state index in [9.17, 15) is 0 Å². The van der Waals surface area contributed by atoms with Gasteiger partial charge in [-0.3, -0.25) is 0 Å². The van der Waals surface area contributed by atoms with E-state index in [1.807, 2.05) is 19.1 Å². The summed E-state index contributed by atoms with van der Waals surface area (Å²) in [6, 6.07) is 6.01. The van der Waals surface area contributed by atoms with Gasteiger partial charge in [-0.2, -0.15) is 0 Å². The highest BCUT2D eigenvalue weighted by Gasteiger charge is 1.97. The molecule has 0 amide bonds. The van der Waals surface area contributed by atoms with Crippen molar-refractivity contribution in [3.8, 4) is 5.88 Å². The molecule has 0 atom stereocenters. The number of hydrogen-bond acceptors (Lipinski definition) is 2. The Morgan fingerprint density at radius 3 is 2.73 bits per heavy atom. The summed E-state index contributed by atoms with van der Waals surface area (Å²) < 4.78 is 5.36. The Hall–Kier alpha value is -1.05. The average Bonchev–Trinajstić information content (AvgIpc) is 2.26. The maximum absolute atomic E-state index is 5.36. The Labute approximate surface area is 92.7 Å². The van der Waals surface area contributed by atoms with Gasteiger partial charge in [0.1, 0.15) is 0 Å². The normalized spacial score (nSPS) is 10.3. The van der Waals surface area contributed by atoms with Crippen molar-refractivity contribution in [3.05, 3.63) is 23.9 Å². The highest BCUT2D eigenvalue weighted by Crippen LogP contribution is 2.10. The van der Waals surface area contributed by atoms with Crippen molar-refractivity contribution in [2.75, 3.05) is 6.61 Å². The summed E-state index contributed by atoms with van der Waals surface area (Å²) in [7, 11) is 0. The predicted octanol–water partition coefficient (Wildman–Crippen LogP) is 3.60. The summed E-state index contributed by atoms with van der Waals surface area (Å²) in [4.78, 5) is 4.44. The van der Waals surface area contributed by atoms with Gasteiger partial charge in [0, 0.05) is 11.8 Å². The number of pyridine rings is 1. The number of nitrogens with zero attached hydrogens (tertiary/aromatic N) is 1. The lowest BCUT2D eigenvalue weighted by atomic mass is 10.1. The molecule has 0 bridgehead atoms. The van der Waals surface area contributed by atoms with Gasteiger partial charge in [0.05, 0.1) is 6.61 Å². The smallest absolute Gasteiger partial charge is 0.213 e. The Bertz CT molecular complexity index is 273. The molecule has 0 spiro atoms. The minimum Gasteiger partial charge on any atom is -0.478 e. The molecule has 2 heteroatoms. The van der Waals surface area contributed by atoms with Gasteiger partial charge >= 0.3 is 0 Å². The Morgan fingerprint density at radius 2 is 2.00 bits per heavy atom. The molecule has 1 aromatic heterocycles. The molecular formula is C13H21NO. The van der Waals surface area contributed by atoms with E-state index in [1.165, 1.54) is 25.7 Å². The van der Waals surface area contributed by atoms with Crippen molar-refractivity contribution in [1.29, 1.82) is 0 Å². The van der Waals surface area contributed by atoms with Crippen LogP contribution in [0.3, 0.4) is 0 Å². The molecule has 1 aromatic rings. The molecule has 0 saturated heterocycles. The molecule has 0 aliphatic heterocycles. The molecule has 0 saturated carbocycles. The van der Waals surface area contributed by atoms with Gasteiger partial charge in [0.15, 0.2) is 0 Å². The standard InChI is InChI=1S/C13H21NO/c1-3-5-6-7-9-12-10-8-11-13(14-12)15-4-2/h8,10-11H,3-7,9H2,1-2H3. The quantitative estimate of drug-likeness (QED) is 0.637. The third-order valence-electron chi connectivity index (χ3n) is 2.36. The lowest BCUT2D eigenvalue weighted by Gasteiger charge is -2.04. The summed E-state index contributed by atoms with van der Waals surface area (Å²) in [5.41, 5.74) is 1.15. The molecule has 15 heavy (non-hydrogen) atoms. The van der Waals surface area contributed by atoms with Crippen LogP contribution in [0.5, 0.6) is 5.88 Å². The molecule has 0 fully saturated rings. The first kappa shape index (κ1) is 12.0. The maximum atomic E-state index is 5.36. The van der Waals surface area contributed by atoms with Gasteiger partial charge in [0.25, 0.3) is 0 Å². The number of aryl methyl sites for hydroxylation is 1. The predicted molar refractivity (Wildman–Crippen MR) is 63.3 cm³/mol. The lowest BCUT2D eigenvalue weighted by Crippen LogP contribution is -1.97. The van der Waals surface area contributed by atoms with Crippen LogP contribution in [0.4, 0.5) is 0 Å². The molecule has 1 rings (SSSR count). The van der Waals surface area contributed by atoms with Gasteiger partial charge in [-0.05, 0) is 25.8 Å². The van der Waals surface area contributed by atoms with E-state index >= 15 is 0 Å². The zero-order chi connectivity index (χ0) is 10.9. The van der Waals surface area contributed by atoms with E-state index in [0.717, 1.165) is 18.0 Å². The number of aromatic nitrogens is 1. The second-order valence-electron chi connectivity index (χ2n) is 3.71. The molecule has 0 aliphatic carbocycles. The Kier molecular flexibility index (Phi) is 5.83. The topological polar surface area (TPSA) is 22.1 Å². The third kappa shape index (κ3) is 4.82. The van der Waals surface area contributed by atoms with Gasteiger partial charge in [-0.1, -0.05) is 32.3 Å². The van der Waals surface area contributed by atoms with Crippen LogP contribution in [-0.2, 0) is 6.42 Å². The van der Waals surface area contributed by atoms with Crippen LogP contribution in [0.1, 0.15) is 45.2 Å². The number of ether oxygens (including phenoxy) is 1. The first-order chi connectivity index (χ1) is 7.36. The van der Waals surface area contributed by atoms with E-state index in [0.29, 0.717) is 6.61 Å². The van der Waals surface area contributed by atoms with Gasteiger partial charge in [-0.15, -0.1) is 0 Å². The molecule has 0 aliphatic rings. The van der Waals surface area contributed by atoms with Gasteiger partial charge in [0.2, 0.25) is 5.88 Å². The van der Waals surface area contributed by atoms with Crippen LogP contribution < -0.4 is 4.74 Å². The second-order valence-corrected chi connectivity index (χ2v) is 3.71. The molecule has 1 heterocycles. The first-order valence-electron chi connectivity index (χ1n) is 5.95. The number of hydrogen-bond donors (Lipinski definition) is 0. The average molecular weight is 207 g/mol. The van der Waals surface area contributed by atoms with Crippen LogP contribution in [0.2, 0.25) is 0 Å². The van der Waals surface area contributed by atoms with Crippen LogP contribution in [0, 0.1) is 0 Å². The van der Waals surface area contributed by atoms with Crippen molar-refractivity contribution in [1.82, 2.24) is 4.98 Å². The zero-order valence-electron chi connectivity index (χ0n) is 9.83. The molecular weight excluding hydrogens is 186 g/mol. The Balaban J connectivity index is 2.36. The SMILES string of the molecule is CCCCCCc1cccc(OCC)n1.